The maximum Gasteiger partial charge on any atom is 0.237 e. The molecule has 5 nitrogen and oxygen atoms in total. The number of nitrogens with zero attached hydrogens (tertiary/aromatic N) is 1. The van der Waals surface area contributed by atoms with Crippen molar-refractivity contribution < 1.29 is 13.9 Å². The Labute approximate surface area is 202 Å². The second-order valence-electron chi connectivity index (χ2n) is 8.65. The Bertz CT molecular complexity index is 1570. The molecule has 0 saturated carbocycles. The highest BCUT2D eigenvalue weighted by Gasteiger charge is 2.20. The van der Waals surface area contributed by atoms with Crippen molar-refractivity contribution in [2.75, 3.05) is 12.4 Å². The highest BCUT2D eigenvalue weighted by molar-refractivity contribution is 8.00. The van der Waals surface area contributed by atoms with E-state index >= 15 is 0 Å². The van der Waals surface area contributed by atoms with Gasteiger partial charge in [-0.05, 0) is 63.1 Å². The number of carbonyl (C=O) groups is 1. The van der Waals surface area contributed by atoms with E-state index in [0.29, 0.717) is 17.0 Å². The van der Waals surface area contributed by atoms with Gasteiger partial charge in [0.15, 0.2) is 0 Å². The molecule has 34 heavy (non-hydrogen) atoms. The van der Waals surface area contributed by atoms with Crippen LogP contribution in [0.1, 0.15) is 23.6 Å². The standard InChI is InChI=1S/C28H26N2O3S/c1-15-10-17(3)27-20(11-15)16(2)12-26(30-27)34-18(4)28(31)29-22-14-24-21(13-25(22)32-5)19-8-6-7-9-23(19)33-24/h6-14,18H,1-5H3,(H,29,31)/t18-/m1/s1. The summed E-state index contributed by atoms with van der Waals surface area (Å²) >= 11 is 1.45. The fourth-order valence-corrected chi connectivity index (χ4v) is 5.28. The molecule has 3 aromatic carbocycles. The molecule has 5 aromatic rings. The van der Waals surface area contributed by atoms with Gasteiger partial charge in [0.25, 0.3) is 0 Å². The number of methoxy groups -OCH3 is 1. The number of rotatable bonds is 5. The van der Waals surface area contributed by atoms with Crippen molar-refractivity contribution in [2.24, 2.45) is 0 Å². The van der Waals surface area contributed by atoms with Crippen molar-refractivity contribution in [1.82, 2.24) is 4.98 Å². The van der Waals surface area contributed by atoms with Crippen LogP contribution < -0.4 is 10.1 Å². The molecule has 6 heteroatoms. The second-order valence-corrected chi connectivity index (χ2v) is 10.0. The Hall–Kier alpha value is -3.51. The second kappa shape index (κ2) is 8.69. The van der Waals surface area contributed by atoms with Crippen LogP contribution in [0.4, 0.5) is 5.69 Å². The number of hydrogen-bond acceptors (Lipinski definition) is 5. The lowest BCUT2D eigenvalue weighted by atomic mass is 10.0. The number of aryl methyl sites for hydroxylation is 3. The number of amides is 1. The molecule has 0 spiro atoms. The number of para-hydroxylation sites is 1. The molecule has 0 aliphatic carbocycles. The Morgan fingerprint density at radius 3 is 2.56 bits per heavy atom. The van der Waals surface area contributed by atoms with Gasteiger partial charge in [-0.2, -0.15) is 0 Å². The van der Waals surface area contributed by atoms with E-state index in [-0.39, 0.29) is 11.2 Å². The first-order chi connectivity index (χ1) is 16.3. The van der Waals surface area contributed by atoms with E-state index in [1.807, 2.05) is 43.3 Å². The first-order valence-electron chi connectivity index (χ1n) is 11.2. The van der Waals surface area contributed by atoms with E-state index in [4.69, 9.17) is 14.1 Å². The zero-order valence-electron chi connectivity index (χ0n) is 19.9. The van der Waals surface area contributed by atoms with Gasteiger partial charge in [-0.1, -0.05) is 41.6 Å². The minimum atomic E-state index is -0.355. The molecule has 1 atom stereocenters. The lowest BCUT2D eigenvalue weighted by molar-refractivity contribution is -0.115. The van der Waals surface area contributed by atoms with Crippen molar-refractivity contribution in [3.63, 3.8) is 0 Å². The zero-order valence-corrected chi connectivity index (χ0v) is 20.7. The maximum atomic E-state index is 13.1. The molecule has 2 heterocycles. The average Bonchev–Trinajstić information content (AvgIpc) is 3.16. The van der Waals surface area contributed by atoms with Crippen LogP contribution in [-0.4, -0.2) is 23.3 Å². The number of hydrogen-bond donors (Lipinski definition) is 1. The number of benzene rings is 3. The number of nitrogens with one attached hydrogen (secondary N) is 1. The summed E-state index contributed by atoms with van der Waals surface area (Å²) in [7, 11) is 1.60. The molecular weight excluding hydrogens is 444 g/mol. The zero-order chi connectivity index (χ0) is 24.0. The highest BCUT2D eigenvalue weighted by atomic mass is 32.2. The molecule has 5 rings (SSSR count). The van der Waals surface area contributed by atoms with Crippen LogP contribution in [0.5, 0.6) is 5.75 Å². The summed E-state index contributed by atoms with van der Waals surface area (Å²) in [5.41, 5.74) is 6.59. The van der Waals surface area contributed by atoms with Gasteiger partial charge in [-0.25, -0.2) is 4.98 Å². The van der Waals surface area contributed by atoms with Gasteiger partial charge in [-0.15, -0.1) is 0 Å². The van der Waals surface area contributed by atoms with Gasteiger partial charge in [0, 0.05) is 22.2 Å². The third kappa shape index (κ3) is 3.99. The molecule has 0 aliphatic rings. The molecule has 0 bridgehead atoms. The Morgan fingerprint density at radius 1 is 0.971 bits per heavy atom. The fraction of sp³-hybridized carbons (Fsp3) is 0.214. The van der Waals surface area contributed by atoms with Gasteiger partial charge in [0.1, 0.15) is 16.9 Å². The number of ether oxygens (including phenoxy) is 1. The summed E-state index contributed by atoms with van der Waals surface area (Å²) in [6.45, 7) is 8.14. The molecule has 0 fully saturated rings. The summed E-state index contributed by atoms with van der Waals surface area (Å²) in [6.07, 6.45) is 0. The van der Waals surface area contributed by atoms with Crippen LogP contribution in [0, 0.1) is 20.8 Å². The van der Waals surface area contributed by atoms with E-state index in [9.17, 15) is 4.79 Å². The number of anilines is 1. The number of pyridine rings is 1. The Balaban J connectivity index is 1.41. The van der Waals surface area contributed by atoms with E-state index in [1.54, 1.807) is 7.11 Å². The van der Waals surface area contributed by atoms with Crippen LogP contribution in [0.3, 0.4) is 0 Å². The SMILES string of the molecule is COc1cc2c(cc1NC(=O)[C@@H](C)Sc1cc(C)c3cc(C)cc(C)c3n1)oc1ccccc12. The van der Waals surface area contributed by atoms with Gasteiger partial charge < -0.3 is 14.5 Å². The number of thioether (sulfide) groups is 1. The van der Waals surface area contributed by atoms with Crippen LogP contribution in [0.25, 0.3) is 32.8 Å². The number of furan rings is 1. The molecule has 0 aliphatic heterocycles. The summed E-state index contributed by atoms with van der Waals surface area (Å²) < 4.78 is 11.6. The third-order valence-electron chi connectivity index (χ3n) is 6.06. The van der Waals surface area contributed by atoms with Gasteiger partial charge in [0.2, 0.25) is 5.91 Å². The summed E-state index contributed by atoms with van der Waals surface area (Å²) in [5, 5.41) is 6.62. The number of aromatic nitrogens is 1. The van der Waals surface area contributed by atoms with Crippen molar-refractivity contribution in [3.05, 3.63) is 71.3 Å². The van der Waals surface area contributed by atoms with Crippen molar-refractivity contribution in [3.8, 4) is 5.75 Å². The Morgan fingerprint density at radius 2 is 1.76 bits per heavy atom. The van der Waals surface area contributed by atoms with Crippen molar-refractivity contribution >= 4 is 56.2 Å². The molecule has 1 amide bonds. The molecular formula is C28H26N2O3S. The quantitative estimate of drug-likeness (QED) is 0.275. The van der Waals surface area contributed by atoms with Crippen LogP contribution in [0.2, 0.25) is 0 Å². The van der Waals surface area contributed by atoms with Crippen molar-refractivity contribution in [1.29, 1.82) is 0 Å². The predicted octanol–water partition coefficient (Wildman–Crippen LogP) is 7.19. The summed E-state index contributed by atoms with van der Waals surface area (Å²) in [6, 6.07) is 17.9. The average molecular weight is 471 g/mol. The lowest BCUT2D eigenvalue weighted by Gasteiger charge is -2.15. The van der Waals surface area contributed by atoms with E-state index < -0.39 is 0 Å². The first-order valence-corrected chi connectivity index (χ1v) is 12.1. The summed E-state index contributed by atoms with van der Waals surface area (Å²) in [4.78, 5) is 18.0. The highest BCUT2D eigenvalue weighted by Crippen LogP contribution is 2.37. The normalized spacial score (nSPS) is 12.4. The van der Waals surface area contributed by atoms with Crippen LogP contribution in [0.15, 0.2) is 64.0 Å². The van der Waals surface area contributed by atoms with Gasteiger partial charge in [0.05, 0.1) is 28.6 Å². The van der Waals surface area contributed by atoms with E-state index in [2.05, 4.69) is 44.3 Å². The fourth-order valence-electron chi connectivity index (χ4n) is 4.36. The third-order valence-corrected chi connectivity index (χ3v) is 7.07. The molecule has 2 aromatic heterocycles. The van der Waals surface area contributed by atoms with E-state index in [1.165, 1.54) is 17.3 Å². The molecule has 0 saturated heterocycles. The summed E-state index contributed by atoms with van der Waals surface area (Å²) in [5.74, 6) is 0.467. The van der Waals surface area contributed by atoms with Gasteiger partial charge >= 0.3 is 0 Å². The van der Waals surface area contributed by atoms with Crippen LogP contribution in [-0.2, 0) is 4.79 Å². The van der Waals surface area contributed by atoms with Gasteiger partial charge in [-0.3, -0.25) is 4.79 Å². The smallest absolute Gasteiger partial charge is 0.237 e. The Kier molecular flexibility index (Phi) is 5.70. The first kappa shape index (κ1) is 22.3. The minimum absolute atomic E-state index is 0.126. The molecule has 0 radical (unpaired) electrons. The number of carbonyl (C=O) groups excluding carboxylic acids is 1. The lowest BCUT2D eigenvalue weighted by Crippen LogP contribution is -2.22. The minimum Gasteiger partial charge on any atom is -0.495 e. The van der Waals surface area contributed by atoms with Crippen LogP contribution >= 0.6 is 11.8 Å². The molecule has 1 N–H and O–H groups in total. The number of fused-ring (bicyclic) bond motifs is 4. The molecule has 172 valence electrons. The monoisotopic (exact) mass is 470 g/mol. The van der Waals surface area contributed by atoms with E-state index in [0.717, 1.165) is 43.4 Å². The topological polar surface area (TPSA) is 64.4 Å². The molecule has 0 unspecified atom stereocenters. The maximum absolute atomic E-state index is 13.1. The van der Waals surface area contributed by atoms with Crippen molar-refractivity contribution in [2.45, 2.75) is 38.0 Å². The predicted molar refractivity (Wildman–Crippen MR) is 140 cm³/mol. The largest absolute Gasteiger partial charge is 0.495 e.